The van der Waals surface area contributed by atoms with Crippen molar-refractivity contribution in [3.8, 4) is 0 Å². The Morgan fingerprint density at radius 3 is 2.73 bits per heavy atom. The molecule has 3 heterocycles. The fourth-order valence-corrected chi connectivity index (χ4v) is 3.32. The van der Waals surface area contributed by atoms with Crippen LogP contribution in [0.5, 0.6) is 0 Å². The Morgan fingerprint density at radius 2 is 1.96 bits per heavy atom. The van der Waals surface area contributed by atoms with E-state index in [0.29, 0.717) is 12.2 Å². The zero-order valence-corrected chi connectivity index (χ0v) is 14.6. The van der Waals surface area contributed by atoms with Gasteiger partial charge in [-0.1, -0.05) is 24.3 Å². The number of benzene rings is 1. The van der Waals surface area contributed by atoms with E-state index >= 15 is 0 Å². The van der Waals surface area contributed by atoms with Gasteiger partial charge < -0.3 is 10.2 Å². The highest BCUT2D eigenvalue weighted by atomic mass is 16.2. The molecule has 1 aromatic carbocycles. The van der Waals surface area contributed by atoms with Crippen LogP contribution in [-0.2, 0) is 13.0 Å². The number of nitrogens with one attached hydrogen (secondary N) is 1. The Bertz CT molecular complexity index is 909. The van der Waals surface area contributed by atoms with E-state index in [1.807, 2.05) is 47.4 Å². The number of nitrogens with zero attached hydrogens (tertiary/aromatic N) is 3. The molecule has 0 fully saturated rings. The van der Waals surface area contributed by atoms with Crippen LogP contribution in [-0.4, -0.2) is 21.9 Å². The van der Waals surface area contributed by atoms with Gasteiger partial charge >= 0.3 is 0 Å². The fraction of sp³-hybridized carbons (Fsp3) is 0.190. The minimum Gasteiger partial charge on any atom is -0.378 e. The number of fused-ring (bicyclic) bond motifs is 1. The van der Waals surface area contributed by atoms with Gasteiger partial charge in [-0.3, -0.25) is 9.78 Å². The lowest BCUT2D eigenvalue weighted by molar-refractivity contribution is 0.0976. The Labute approximate surface area is 152 Å². The van der Waals surface area contributed by atoms with Crippen molar-refractivity contribution in [2.45, 2.75) is 25.9 Å². The van der Waals surface area contributed by atoms with E-state index in [1.54, 1.807) is 18.5 Å². The van der Waals surface area contributed by atoms with Crippen molar-refractivity contribution in [2.24, 2.45) is 0 Å². The SMILES string of the molecule is CC1Cc2ccccc2N1C(=O)c1ccc(NCc2ccccn2)cn1. The van der Waals surface area contributed by atoms with Crippen LogP contribution in [0.25, 0.3) is 0 Å². The van der Waals surface area contributed by atoms with Crippen LogP contribution in [0, 0.1) is 0 Å². The van der Waals surface area contributed by atoms with E-state index < -0.39 is 0 Å². The van der Waals surface area contributed by atoms with Crippen molar-refractivity contribution in [3.05, 3.63) is 83.9 Å². The Kier molecular flexibility index (Phi) is 4.35. The van der Waals surface area contributed by atoms with Crippen LogP contribution in [0.1, 0.15) is 28.7 Å². The molecule has 1 N–H and O–H groups in total. The molecule has 1 unspecified atom stereocenters. The van der Waals surface area contributed by atoms with E-state index in [-0.39, 0.29) is 11.9 Å². The molecule has 1 atom stereocenters. The van der Waals surface area contributed by atoms with E-state index in [9.17, 15) is 4.79 Å². The maximum atomic E-state index is 12.9. The maximum Gasteiger partial charge on any atom is 0.277 e. The standard InChI is InChI=1S/C21H20N4O/c1-15-12-16-6-2-3-8-20(16)25(15)21(26)19-10-9-18(14-24-19)23-13-17-7-4-5-11-22-17/h2-11,14-15,23H,12-13H2,1H3. The van der Waals surface area contributed by atoms with E-state index in [4.69, 9.17) is 0 Å². The number of carbonyl (C=O) groups is 1. The molecule has 1 amide bonds. The first kappa shape index (κ1) is 16.3. The van der Waals surface area contributed by atoms with Gasteiger partial charge in [0, 0.05) is 17.9 Å². The molecule has 0 aliphatic carbocycles. The van der Waals surface area contributed by atoms with Crippen molar-refractivity contribution >= 4 is 17.3 Å². The highest BCUT2D eigenvalue weighted by Crippen LogP contribution is 2.32. The van der Waals surface area contributed by atoms with Crippen LogP contribution in [0.4, 0.5) is 11.4 Å². The first-order valence-corrected chi connectivity index (χ1v) is 8.73. The lowest BCUT2D eigenvalue weighted by atomic mass is 10.1. The largest absolute Gasteiger partial charge is 0.378 e. The monoisotopic (exact) mass is 344 g/mol. The van der Waals surface area contributed by atoms with Gasteiger partial charge in [-0.2, -0.15) is 0 Å². The van der Waals surface area contributed by atoms with Crippen molar-refractivity contribution in [1.82, 2.24) is 9.97 Å². The van der Waals surface area contributed by atoms with Crippen molar-refractivity contribution in [1.29, 1.82) is 0 Å². The Balaban J connectivity index is 1.47. The maximum absolute atomic E-state index is 12.9. The second-order valence-corrected chi connectivity index (χ2v) is 6.46. The molecule has 5 nitrogen and oxygen atoms in total. The second kappa shape index (κ2) is 6.96. The summed E-state index contributed by atoms with van der Waals surface area (Å²) in [5.41, 5.74) is 4.47. The first-order chi connectivity index (χ1) is 12.7. The fourth-order valence-electron chi connectivity index (χ4n) is 3.32. The summed E-state index contributed by atoms with van der Waals surface area (Å²) >= 11 is 0. The minimum atomic E-state index is -0.0567. The molecule has 130 valence electrons. The van der Waals surface area contributed by atoms with Gasteiger partial charge in [0.05, 0.1) is 24.1 Å². The molecule has 3 aromatic rings. The number of aromatic nitrogens is 2. The normalized spacial score (nSPS) is 15.6. The lowest BCUT2D eigenvalue weighted by Gasteiger charge is -2.22. The van der Waals surface area contributed by atoms with Crippen LogP contribution in [0.2, 0.25) is 0 Å². The minimum absolute atomic E-state index is 0.0567. The van der Waals surface area contributed by atoms with Gasteiger partial charge in [-0.25, -0.2) is 4.98 Å². The molecule has 0 radical (unpaired) electrons. The summed E-state index contributed by atoms with van der Waals surface area (Å²) in [5.74, 6) is -0.0567. The molecule has 0 spiro atoms. The highest BCUT2D eigenvalue weighted by molar-refractivity contribution is 6.06. The summed E-state index contributed by atoms with van der Waals surface area (Å²) in [6.45, 7) is 2.69. The predicted octanol–water partition coefficient (Wildman–Crippen LogP) is 3.68. The molecule has 0 bridgehead atoms. The number of amides is 1. The van der Waals surface area contributed by atoms with E-state index in [1.165, 1.54) is 5.56 Å². The number of rotatable bonds is 4. The molecule has 5 heteroatoms. The van der Waals surface area contributed by atoms with Crippen LogP contribution in [0.3, 0.4) is 0 Å². The average Bonchev–Trinajstić information content (AvgIpc) is 3.03. The number of hydrogen-bond acceptors (Lipinski definition) is 4. The Morgan fingerprint density at radius 1 is 1.12 bits per heavy atom. The van der Waals surface area contributed by atoms with Gasteiger partial charge in [0.15, 0.2) is 0 Å². The number of pyridine rings is 2. The van der Waals surface area contributed by atoms with Crippen LogP contribution < -0.4 is 10.2 Å². The third-order valence-corrected chi connectivity index (χ3v) is 4.61. The van der Waals surface area contributed by atoms with Crippen LogP contribution >= 0.6 is 0 Å². The quantitative estimate of drug-likeness (QED) is 0.784. The molecular weight excluding hydrogens is 324 g/mol. The topological polar surface area (TPSA) is 58.1 Å². The molecule has 1 aliphatic rings. The Hall–Kier alpha value is -3.21. The van der Waals surface area contributed by atoms with Gasteiger partial charge in [0.2, 0.25) is 0 Å². The molecule has 0 saturated carbocycles. The average molecular weight is 344 g/mol. The van der Waals surface area contributed by atoms with Crippen LogP contribution in [0.15, 0.2) is 67.0 Å². The molecular formula is C21H20N4O. The number of hydrogen-bond donors (Lipinski definition) is 1. The van der Waals surface area contributed by atoms with E-state index in [2.05, 4.69) is 28.3 Å². The summed E-state index contributed by atoms with van der Waals surface area (Å²) in [5, 5.41) is 3.27. The summed E-state index contributed by atoms with van der Waals surface area (Å²) in [6, 6.07) is 17.7. The van der Waals surface area contributed by atoms with Gasteiger partial charge in [-0.15, -0.1) is 0 Å². The second-order valence-electron chi connectivity index (χ2n) is 6.46. The lowest BCUT2D eigenvalue weighted by Crippen LogP contribution is -2.36. The molecule has 26 heavy (non-hydrogen) atoms. The van der Waals surface area contributed by atoms with Crippen molar-refractivity contribution in [3.63, 3.8) is 0 Å². The summed E-state index contributed by atoms with van der Waals surface area (Å²) in [4.78, 5) is 23.4. The van der Waals surface area contributed by atoms with Crippen molar-refractivity contribution in [2.75, 3.05) is 10.2 Å². The third-order valence-electron chi connectivity index (χ3n) is 4.61. The van der Waals surface area contributed by atoms with Gasteiger partial charge in [0.25, 0.3) is 5.91 Å². The summed E-state index contributed by atoms with van der Waals surface area (Å²) < 4.78 is 0. The summed E-state index contributed by atoms with van der Waals surface area (Å²) in [7, 11) is 0. The van der Waals surface area contributed by atoms with E-state index in [0.717, 1.165) is 23.5 Å². The zero-order chi connectivity index (χ0) is 17.9. The number of carbonyl (C=O) groups excluding carboxylic acids is 1. The van der Waals surface area contributed by atoms with Gasteiger partial charge in [-0.05, 0) is 49.2 Å². The smallest absolute Gasteiger partial charge is 0.277 e. The highest BCUT2D eigenvalue weighted by Gasteiger charge is 2.31. The molecule has 1 aliphatic heterocycles. The first-order valence-electron chi connectivity index (χ1n) is 8.73. The predicted molar refractivity (Wildman–Crippen MR) is 102 cm³/mol. The molecule has 4 rings (SSSR count). The third kappa shape index (κ3) is 3.16. The molecule has 2 aromatic heterocycles. The summed E-state index contributed by atoms with van der Waals surface area (Å²) in [6.07, 6.45) is 4.35. The van der Waals surface area contributed by atoms with Gasteiger partial charge in [0.1, 0.15) is 5.69 Å². The zero-order valence-electron chi connectivity index (χ0n) is 14.6. The number of para-hydroxylation sites is 1. The van der Waals surface area contributed by atoms with Crippen molar-refractivity contribution < 1.29 is 4.79 Å². The molecule has 0 saturated heterocycles. The number of anilines is 2.